The van der Waals surface area contributed by atoms with Crippen LogP contribution in [-0.2, 0) is 4.79 Å². The molecule has 0 aliphatic carbocycles. The Morgan fingerprint density at radius 1 is 1.38 bits per heavy atom. The molecule has 1 atom stereocenters. The van der Waals surface area contributed by atoms with Gasteiger partial charge in [-0.25, -0.2) is 0 Å². The molecule has 0 aromatic rings. The first-order valence-electron chi connectivity index (χ1n) is 5.06. The Balaban J connectivity index is 3.29. The lowest BCUT2D eigenvalue weighted by Gasteiger charge is -2.12. The Hall–Kier alpha value is -0.240. The van der Waals surface area contributed by atoms with Crippen molar-refractivity contribution >= 4 is 17.5 Å². The Kier molecular flexibility index (Phi) is 8.21. The minimum absolute atomic E-state index is 0.0651. The molecule has 0 saturated heterocycles. The molecule has 0 aliphatic heterocycles. The van der Waals surface area contributed by atoms with Crippen LogP contribution in [0.3, 0.4) is 0 Å². The zero-order chi connectivity index (χ0) is 10.1. The van der Waals surface area contributed by atoms with E-state index in [2.05, 4.69) is 12.2 Å². The highest BCUT2D eigenvalue weighted by molar-refractivity contribution is 6.27. The van der Waals surface area contributed by atoms with E-state index < -0.39 is 0 Å². The predicted molar refractivity (Wildman–Crippen MR) is 57.1 cm³/mol. The molecule has 0 fully saturated rings. The van der Waals surface area contributed by atoms with E-state index in [-0.39, 0.29) is 17.8 Å². The van der Waals surface area contributed by atoms with E-state index in [1.165, 1.54) is 25.7 Å². The van der Waals surface area contributed by atoms with Crippen LogP contribution in [0, 0.1) is 0 Å². The van der Waals surface area contributed by atoms with E-state index in [4.69, 9.17) is 11.6 Å². The third-order valence-electron chi connectivity index (χ3n) is 2.02. The first kappa shape index (κ1) is 12.8. The maximum atomic E-state index is 10.9. The van der Waals surface area contributed by atoms with Gasteiger partial charge in [-0.1, -0.05) is 32.6 Å². The van der Waals surface area contributed by atoms with Gasteiger partial charge in [0.25, 0.3) is 0 Å². The van der Waals surface area contributed by atoms with Crippen LogP contribution in [0.5, 0.6) is 0 Å². The molecule has 0 saturated carbocycles. The Bertz CT molecular complexity index is 139. The summed E-state index contributed by atoms with van der Waals surface area (Å²) in [6, 6.07) is 0.267. The largest absolute Gasteiger partial charge is 0.353 e. The van der Waals surface area contributed by atoms with Crippen LogP contribution in [0.25, 0.3) is 0 Å². The number of hydrogen-bond donors (Lipinski definition) is 1. The fourth-order valence-corrected chi connectivity index (χ4v) is 1.34. The molecule has 1 N–H and O–H groups in total. The second-order valence-electron chi connectivity index (χ2n) is 3.45. The highest BCUT2D eigenvalue weighted by Gasteiger charge is 2.04. The monoisotopic (exact) mass is 205 g/mol. The van der Waals surface area contributed by atoms with Crippen LogP contribution in [0.15, 0.2) is 0 Å². The molecular formula is C10H20ClNO. The molecule has 13 heavy (non-hydrogen) atoms. The number of rotatable bonds is 7. The average Bonchev–Trinajstić information content (AvgIpc) is 2.12. The first-order chi connectivity index (χ1) is 6.20. The maximum Gasteiger partial charge on any atom is 0.235 e. The summed E-state index contributed by atoms with van der Waals surface area (Å²) in [5, 5.41) is 2.84. The van der Waals surface area contributed by atoms with Gasteiger partial charge >= 0.3 is 0 Å². The number of carbonyl (C=O) groups is 1. The summed E-state index contributed by atoms with van der Waals surface area (Å²) < 4.78 is 0. The zero-order valence-electron chi connectivity index (χ0n) is 8.61. The van der Waals surface area contributed by atoms with Gasteiger partial charge in [0.05, 0.1) is 0 Å². The molecule has 0 aromatic carbocycles. The van der Waals surface area contributed by atoms with Crippen molar-refractivity contribution < 1.29 is 4.79 Å². The van der Waals surface area contributed by atoms with Crippen molar-refractivity contribution in [3.63, 3.8) is 0 Å². The van der Waals surface area contributed by atoms with Crippen LogP contribution < -0.4 is 5.32 Å². The molecule has 78 valence electrons. The third kappa shape index (κ3) is 8.10. The third-order valence-corrected chi connectivity index (χ3v) is 2.26. The molecule has 1 amide bonds. The fraction of sp³-hybridized carbons (Fsp3) is 0.900. The number of unbranched alkanes of at least 4 members (excludes halogenated alkanes) is 3. The molecule has 0 heterocycles. The summed E-state index contributed by atoms with van der Waals surface area (Å²) >= 11 is 5.37. The fourth-order valence-electron chi connectivity index (χ4n) is 1.26. The lowest BCUT2D eigenvalue weighted by atomic mass is 10.1. The summed E-state index contributed by atoms with van der Waals surface area (Å²) in [5.74, 6) is 0.00362. The van der Waals surface area contributed by atoms with E-state index in [9.17, 15) is 4.79 Å². The Morgan fingerprint density at radius 2 is 2.08 bits per heavy atom. The van der Waals surface area contributed by atoms with Gasteiger partial charge in [0, 0.05) is 6.04 Å². The van der Waals surface area contributed by atoms with Crippen LogP contribution >= 0.6 is 11.6 Å². The molecule has 0 aromatic heterocycles. The van der Waals surface area contributed by atoms with Gasteiger partial charge in [-0.3, -0.25) is 4.79 Å². The van der Waals surface area contributed by atoms with Crippen LogP contribution in [0.1, 0.15) is 46.0 Å². The summed E-state index contributed by atoms with van der Waals surface area (Å²) in [4.78, 5) is 10.9. The van der Waals surface area contributed by atoms with E-state index in [0.717, 1.165) is 6.42 Å². The van der Waals surface area contributed by atoms with Gasteiger partial charge in [-0.2, -0.15) is 0 Å². The van der Waals surface area contributed by atoms with Gasteiger partial charge in [-0.05, 0) is 13.3 Å². The Labute approximate surface area is 86.0 Å². The molecule has 0 spiro atoms. The van der Waals surface area contributed by atoms with Crippen molar-refractivity contribution in [2.75, 3.05) is 5.88 Å². The molecule has 2 nitrogen and oxygen atoms in total. The molecule has 0 aliphatic rings. The van der Waals surface area contributed by atoms with Crippen molar-refractivity contribution in [2.45, 2.75) is 52.0 Å². The quantitative estimate of drug-likeness (QED) is 0.503. The number of amides is 1. The van der Waals surface area contributed by atoms with E-state index >= 15 is 0 Å². The van der Waals surface area contributed by atoms with Crippen LogP contribution in [-0.4, -0.2) is 17.8 Å². The minimum Gasteiger partial charge on any atom is -0.353 e. The molecular weight excluding hydrogens is 186 g/mol. The van der Waals surface area contributed by atoms with Crippen LogP contribution in [0.2, 0.25) is 0 Å². The number of alkyl halides is 1. The van der Waals surface area contributed by atoms with Gasteiger partial charge in [0.2, 0.25) is 5.91 Å². The smallest absolute Gasteiger partial charge is 0.235 e. The van der Waals surface area contributed by atoms with Crippen molar-refractivity contribution in [2.24, 2.45) is 0 Å². The zero-order valence-corrected chi connectivity index (χ0v) is 9.36. The van der Waals surface area contributed by atoms with Gasteiger partial charge in [0.1, 0.15) is 5.88 Å². The molecule has 0 unspecified atom stereocenters. The van der Waals surface area contributed by atoms with Gasteiger partial charge in [-0.15, -0.1) is 11.6 Å². The van der Waals surface area contributed by atoms with Gasteiger partial charge in [0.15, 0.2) is 0 Å². The number of carbonyl (C=O) groups excluding carboxylic acids is 1. The van der Waals surface area contributed by atoms with Crippen molar-refractivity contribution in [3.8, 4) is 0 Å². The van der Waals surface area contributed by atoms with E-state index in [0.29, 0.717) is 0 Å². The summed E-state index contributed by atoms with van der Waals surface area (Å²) in [6.07, 6.45) is 6.05. The lowest BCUT2D eigenvalue weighted by molar-refractivity contribution is -0.119. The summed E-state index contributed by atoms with van der Waals surface area (Å²) in [7, 11) is 0. The standard InChI is InChI=1S/C10H20ClNO/c1-3-4-5-6-7-9(2)12-10(13)8-11/h9H,3-8H2,1-2H3,(H,12,13)/t9-/m0/s1. The van der Waals surface area contributed by atoms with E-state index in [1.54, 1.807) is 0 Å². The summed E-state index contributed by atoms with van der Waals surface area (Å²) in [6.45, 7) is 4.22. The maximum absolute atomic E-state index is 10.9. The second kappa shape index (κ2) is 8.36. The van der Waals surface area contributed by atoms with Gasteiger partial charge < -0.3 is 5.32 Å². The lowest BCUT2D eigenvalue weighted by Crippen LogP contribution is -2.33. The van der Waals surface area contributed by atoms with Crippen LogP contribution in [0.4, 0.5) is 0 Å². The molecule has 0 radical (unpaired) electrons. The number of nitrogens with one attached hydrogen (secondary N) is 1. The Morgan fingerprint density at radius 3 is 2.62 bits per heavy atom. The van der Waals surface area contributed by atoms with Crippen molar-refractivity contribution in [3.05, 3.63) is 0 Å². The molecule has 3 heteroatoms. The number of halogens is 1. The average molecular weight is 206 g/mol. The first-order valence-corrected chi connectivity index (χ1v) is 5.59. The highest BCUT2D eigenvalue weighted by atomic mass is 35.5. The van der Waals surface area contributed by atoms with Crippen molar-refractivity contribution in [1.82, 2.24) is 5.32 Å². The minimum atomic E-state index is -0.0651. The van der Waals surface area contributed by atoms with E-state index in [1.807, 2.05) is 6.92 Å². The highest BCUT2D eigenvalue weighted by Crippen LogP contribution is 2.04. The number of hydrogen-bond acceptors (Lipinski definition) is 1. The normalized spacial score (nSPS) is 12.5. The van der Waals surface area contributed by atoms with Crippen molar-refractivity contribution in [1.29, 1.82) is 0 Å². The SMILES string of the molecule is CCCCCC[C@H](C)NC(=O)CCl. The topological polar surface area (TPSA) is 29.1 Å². The predicted octanol–water partition coefficient (Wildman–Crippen LogP) is 2.70. The summed E-state index contributed by atoms with van der Waals surface area (Å²) in [5.41, 5.74) is 0. The molecule has 0 bridgehead atoms. The second-order valence-corrected chi connectivity index (χ2v) is 3.72. The molecule has 0 rings (SSSR count).